The Morgan fingerprint density at radius 3 is 2.31 bits per heavy atom. The average molecular weight is 451 g/mol. The standard InChI is InChI=1S/C20H17F4N5O3/c1-12-25-18(27-29(12)15-7-3-13(21)4-8-15)19(31)28(2)11-17(30)26-14-5-9-16(10-6-14)32-20(22,23)24/h3-10H,11H2,1-2H3,(H,26,30). The van der Waals surface area contributed by atoms with Crippen molar-refractivity contribution in [2.24, 2.45) is 0 Å². The number of rotatable bonds is 6. The third-order valence-electron chi connectivity index (χ3n) is 4.13. The van der Waals surface area contributed by atoms with Crippen molar-refractivity contribution in [2.75, 3.05) is 18.9 Å². The van der Waals surface area contributed by atoms with Crippen LogP contribution in [0.15, 0.2) is 48.5 Å². The van der Waals surface area contributed by atoms with Gasteiger partial charge in [0.05, 0.1) is 12.2 Å². The van der Waals surface area contributed by atoms with Gasteiger partial charge in [-0.2, -0.15) is 0 Å². The quantitative estimate of drug-likeness (QED) is 0.581. The van der Waals surface area contributed by atoms with Crippen LogP contribution in [0.3, 0.4) is 0 Å². The first-order valence-corrected chi connectivity index (χ1v) is 9.12. The summed E-state index contributed by atoms with van der Waals surface area (Å²) in [6.45, 7) is 1.26. The van der Waals surface area contributed by atoms with Gasteiger partial charge in [-0.3, -0.25) is 9.59 Å². The van der Waals surface area contributed by atoms with E-state index >= 15 is 0 Å². The molecule has 0 aliphatic heterocycles. The molecule has 32 heavy (non-hydrogen) atoms. The molecule has 2 aromatic carbocycles. The third kappa shape index (κ3) is 5.80. The van der Waals surface area contributed by atoms with Gasteiger partial charge in [-0.05, 0) is 55.5 Å². The summed E-state index contributed by atoms with van der Waals surface area (Å²) in [5.41, 5.74) is 0.730. The Balaban J connectivity index is 1.61. The van der Waals surface area contributed by atoms with Crippen molar-refractivity contribution >= 4 is 17.5 Å². The summed E-state index contributed by atoms with van der Waals surface area (Å²) in [5, 5.41) is 6.58. The lowest BCUT2D eigenvalue weighted by molar-refractivity contribution is -0.274. The summed E-state index contributed by atoms with van der Waals surface area (Å²) in [6, 6.07) is 10.0. The number of alkyl halides is 3. The van der Waals surface area contributed by atoms with Gasteiger partial charge in [-0.15, -0.1) is 18.3 Å². The molecule has 0 bridgehead atoms. The second-order valence-corrected chi connectivity index (χ2v) is 6.65. The van der Waals surface area contributed by atoms with E-state index in [2.05, 4.69) is 20.1 Å². The smallest absolute Gasteiger partial charge is 0.406 e. The first-order valence-electron chi connectivity index (χ1n) is 9.12. The summed E-state index contributed by atoms with van der Waals surface area (Å²) in [5.74, 6) is -1.83. The number of nitrogens with zero attached hydrogens (tertiary/aromatic N) is 4. The maximum absolute atomic E-state index is 13.1. The van der Waals surface area contributed by atoms with Crippen LogP contribution in [0.25, 0.3) is 5.69 Å². The molecule has 168 valence electrons. The Hall–Kier alpha value is -3.96. The van der Waals surface area contributed by atoms with Crippen molar-refractivity contribution < 1.29 is 31.9 Å². The van der Waals surface area contributed by atoms with E-state index in [1.165, 1.54) is 48.1 Å². The van der Waals surface area contributed by atoms with Crippen molar-refractivity contribution in [1.29, 1.82) is 0 Å². The number of halogens is 4. The zero-order chi connectivity index (χ0) is 23.5. The molecule has 2 amide bonds. The number of anilines is 1. The molecule has 0 saturated carbocycles. The lowest BCUT2D eigenvalue weighted by Crippen LogP contribution is -2.35. The van der Waals surface area contributed by atoms with Crippen LogP contribution >= 0.6 is 0 Å². The lowest BCUT2D eigenvalue weighted by atomic mass is 10.3. The lowest BCUT2D eigenvalue weighted by Gasteiger charge is -2.15. The SMILES string of the molecule is Cc1nc(C(=O)N(C)CC(=O)Nc2ccc(OC(F)(F)F)cc2)nn1-c1ccc(F)cc1. The Morgan fingerprint density at radius 1 is 1.09 bits per heavy atom. The van der Waals surface area contributed by atoms with Crippen LogP contribution in [0.1, 0.15) is 16.4 Å². The molecular weight excluding hydrogens is 434 g/mol. The van der Waals surface area contributed by atoms with Crippen LogP contribution in [-0.2, 0) is 4.79 Å². The van der Waals surface area contributed by atoms with Crippen molar-refractivity contribution in [1.82, 2.24) is 19.7 Å². The normalized spacial score (nSPS) is 11.2. The molecule has 12 heteroatoms. The fourth-order valence-corrected chi connectivity index (χ4v) is 2.71. The first kappa shape index (κ1) is 22.7. The second-order valence-electron chi connectivity index (χ2n) is 6.65. The van der Waals surface area contributed by atoms with E-state index in [-0.39, 0.29) is 18.1 Å². The third-order valence-corrected chi connectivity index (χ3v) is 4.13. The minimum atomic E-state index is -4.82. The fraction of sp³-hybridized carbons (Fsp3) is 0.200. The molecular formula is C20H17F4N5O3. The number of ether oxygens (including phenoxy) is 1. The van der Waals surface area contributed by atoms with Gasteiger partial charge in [-0.25, -0.2) is 14.1 Å². The van der Waals surface area contributed by atoms with Crippen LogP contribution in [0, 0.1) is 12.7 Å². The van der Waals surface area contributed by atoms with Crippen LogP contribution < -0.4 is 10.1 Å². The van der Waals surface area contributed by atoms with E-state index in [0.717, 1.165) is 17.0 Å². The number of aryl methyl sites for hydroxylation is 1. The highest BCUT2D eigenvalue weighted by molar-refractivity contribution is 5.97. The van der Waals surface area contributed by atoms with Gasteiger partial charge in [0.25, 0.3) is 5.91 Å². The van der Waals surface area contributed by atoms with Crippen LogP contribution in [0.5, 0.6) is 5.75 Å². The molecule has 0 atom stereocenters. The first-order chi connectivity index (χ1) is 15.0. The monoisotopic (exact) mass is 451 g/mol. The molecule has 1 heterocycles. The fourth-order valence-electron chi connectivity index (χ4n) is 2.71. The molecule has 3 rings (SSSR count). The molecule has 0 spiro atoms. The van der Waals surface area contributed by atoms with Gasteiger partial charge in [-0.1, -0.05) is 0 Å². The van der Waals surface area contributed by atoms with Crippen molar-refractivity contribution in [2.45, 2.75) is 13.3 Å². The van der Waals surface area contributed by atoms with Gasteiger partial charge in [0.15, 0.2) is 0 Å². The van der Waals surface area contributed by atoms with Crippen LogP contribution in [-0.4, -0.2) is 51.4 Å². The molecule has 0 fully saturated rings. The molecule has 0 aliphatic rings. The number of likely N-dealkylation sites (N-methyl/N-ethyl adjacent to an activating group) is 1. The number of hydrogen-bond acceptors (Lipinski definition) is 5. The zero-order valence-corrected chi connectivity index (χ0v) is 16.9. The number of aromatic nitrogens is 3. The van der Waals surface area contributed by atoms with E-state index in [0.29, 0.717) is 11.5 Å². The predicted octanol–water partition coefficient (Wildman–Crippen LogP) is 3.32. The van der Waals surface area contributed by atoms with E-state index in [9.17, 15) is 27.2 Å². The van der Waals surface area contributed by atoms with E-state index in [4.69, 9.17) is 0 Å². The molecule has 1 N–H and O–H groups in total. The maximum atomic E-state index is 13.1. The highest BCUT2D eigenvalue weighted by Gasteiger charge is 2.31. The predicted molar refractivity (Wildman–Crippen MR) is 105 cm³/mol. The van der Waals surface area contributed by atoms with Crippen molar-refractivity contribution in [3.05, 3.63) is 66.0 Å². The molecule has 0 aliphatic carbocycles. The summed E-state index contributed by atoms with van der Waals surface area (Å²) in [6.07, 6.45) is -4.82. The summed E-state index contributed by atoms with van der Waals surface area (Å²) < 4.78 is 54.8. The van der Waals surface area contributed by atoms with Crippen molar-refractivity contribution in [3.8, 4) is 11.4 Å². The number of benzene rings is 2. The highest BCUT2D eigenvalue weighted by Crippen LogP contribution is 2.24. The Morgan fingerprint density at radius 2 is 1.72 bits per heavy atom. The van der Waals surface area contributed by atoms with Gasteiger partial charge < -0.3 is 15.0 Å². The number of amides is 2. The summed E-state index contributed by atoms with van der Waals surface area (Å²) >= 11 is 0. The number of carbonyl (C=O) groups is 2. The van der Waals surface area contributed by atoms with E-state index in [1.54, 1.807) is 6.92 Å². The van der Waals surface area contributed by atoms with E-state index in [1.807, 2.05) is 0 Å². The van der Waals surface area contributed by atoms with Gasteiger partial charge in [0.1, 0.15) is 17.4 Å². The molecule has 0 unspecified atom stereocenters. The minimum absolute atomic E-state index is 0.157. The van der Waals surface area contributed by atoms with Crippen LogP contribution in [0.4, 0.5) is 23.2 Å². The highest BCUT2D eigenvalue weighted by atomic mass is 19.4. The molecule has 0 radical (unpaired) electrons. The molecule has 1 aromatic heterocycles. The molecule has 0 saturated heterocycles. The topological polar surface area (TPSA) is 89.3 Å². The zero-order valence-electron chi connectivity index (χ0n) is 16.9. The van der Waals surface area contributed by atoms with Gasteiger partial charge in [0, 0.05) is 12.7 Å². The van der Waals surface area contributed by atoms with Crippen LogP contribution in [0.2, 0.25) is 0 Å². The largest absolute Gasteiger partial charge is 0.573 e. The van der Waals surface area contributed by atoms with Crippen molar-refractivity contribution in [3.63, 3.8) is 0 Å². The Bertz CT molecular complexity index is 1110. The Labute approximate surface area is 179 Å². The number of nitrogens with one attached hydrogen (secondary N) is 1. The maximum Gasteiger partial charge on any atom is 0.573 e. The molecule has 3 aromatic rings. The average Bonchev–Trinajstić information content (AvgIpc) is 3.10. The van der Waals surface area contributed by atoms with E-state index < -0.39 is 29.7 Å². The van der Waals surface area contributed by atoms with Gasteiger partial charge >= 0.3 is 6.36 Å². The number of hydrogen-bond donors (Lipinski definition) is 1. The Kier molecular flexibility index (Phi) is 6.42. The molecule has 8 nitrogen and oxygen atoms in total. The summed E-state index contributed by atoms with van der Waals surface area (Å²) in [7, 11) is 1.37. The van der Waals surface area contributed by atoms with Gasteiger partial charge in [0.2, 0.25) is 11.7 Å². The minimum Gasteiger partial charge on any atom is -0.406 e. The summed E-state index contributed by atoms with van der Waals surface area (Å²) in [4.78, 5) is 30.0. The number of carbonyl (C=O) groups excluding carboxylic acids is 2. The second kappa shape index (κ2) is 9.04.